The van der Waals surface area contributed by atoms with Crippen LogP contribution in [0.4, 0.5) is 10.1 Å². The Kier molecular flexibility index (Phi) is 9.59. The van der Waals surface area contributed by atoms with E-state index in [-0.39, 0.29) is 29.7 Å². The molecule has 2 amide bonds. The molecule has 9 heteroatoms. The third-order valence-corrected chi connectivity index (χ3v) is 8.10. The van der Waals surface area contributed by atoms with E-state index in [1.165, 1.54) is 12.1 Å². The summed E-state index contributed by atoms with van der Waals surface area (Å²) in [5.41, 5.74) is 9.22. The lowest BCUT2D eigenvalue weighted by Crippen LogP contribution is -2.37. The lowest BCUT2D eigenvalue weighted by molar-refractivity contribution is -0.127. The summed E-state index contributed by atoms with van der Waals surface area (Å²) < 4.78 is 14.3. The molecule has 1 aliphatic carbocycles. The minimum atomic E-state index is -0.623. The fraction of sp³-hybridized carbons (Fsp3) is 0.294. The first-order chi connectivity index (χ1) is 20.9. The van der Waals surface area contributed by atoms with E-state index in [0.29, 0.717) is 41.7 Å². The first-order valence-electron chi connectivity index (χ1n) is 14.6. The van der Waals surface area contributed by atoms with Crippen LogP contribution in [0, 0.1) is 29.0 Å². The predicted molar refractivity (Wildman–Crippen MR) is 163 cm³/mol. The molecule has 0 aliphatic heterocycles. The van der Waals surface area contributed by atoms with Crippen LogP contribution in [-0.4, -0.2) is 28.3 Å². The van der Waals surface area contributed by atoms with Crippen molar-refractivity contribution in [2.24, 2.45) is 17.6 Å². The Morgan fingerprint density at radius 2 is 1.79 bits per heavy atom. The number of imidazole rings is 1. The Balaban J connectivity index is 1.38. The monoisotopic (exact) mass is 578 g/mol. The summed E-state index contributed by atoms with van der Waals surface area (Å²) >= 11 is 0. The summed E-state index contributed by atoms with van der Waals surface area (Å²) in [6, 6.07) is 22.7. The maximum absolute atomic E-state index is 14.3. The van der Waals surface area contributed by atoms with Crippen LogP contribution >= 0.6 is 0 Å². The van der Waals surface area contributed by atoms with Gasteiger partial charge >= 0.3 is 0 Å². The van der Waals surface area contributed by atoms with E-state index in [1.807, 2.05) is 60.7 Å². The lowest BCUT2D eigenvalue weighted by Gasteiger charge is -2.28. The number of carbonyl (C=O) groups excluding carboxylic acids is 2. The number of aromatic nitrogens is 2. The molecule has 1 heterocycles. The maximum Gasteiger partial charge on any atom is 0.228 e. The zero-order chi connectivity index (χ0) is 30.2. The van der Waals surface area contributed by atoms with Crippen molar-refractivity contribution >= 4 is 17.5 Å². The number of anilines is 1. The van der Waals surface area contributed by atoms with E-state index in [9.17, 15) is 14.0 Å². The van der Waals surface area contributed by atoms with Gasteiger partial charge in [0, 0.05) is 29.8 Å². The topological polar surface area (TPSA) is 137 Å². The van der Waals surface area contributed by atoms with Gasteiger partial charge in [-0.25, -0.2) is 9.37 Å². The molecule has 3 aromatic carbocycles. The van der Waals surface area contributed by atoms with Gasteiger partial charge in [0.05, 0.1) is 23.7 Å². The van der Waals surface area contributed by atoms with Gasteiger partial charge in [-0.05, 0) is 67.5 Å². The molecule has 0 spiro atoms. The van der Waals surface area contributed by atoms with Gasteiger partial charge in [-0.2, -0.15) is 5.26 Å². The van der Waals surface area contributed by atoms with Gasteiger partial charge in [-0.15, -0.1) is 0 Å². The molecule has 43 heavy (non-hydrogen) atoms. The molecule has 1 fully saturated rings. The van der Waals surface area contributed by atoms with Crippen molar-refractivity contribution in [1.29, 1.82) is 5.26 Å². The fourth-order valence-corrected chi connectivity index (χ4v) is 5.61. The van der Waals surface area contributed by atoms with Gasteiger partial charge in [0.2, 0.25) is 11.8 Å². The number of benzene rings is 3. The van der Waals surface area contributed by atoms with Gasteiger partial charge in [0.25, 0.3) is 0 Å². The zero-order valence-corrected chi connectivity index (χ0v) is 23.9. The van der Waals surface area contributed by atoms with E-state index < -0.39 is 11.9 Å². The third kappa shape index (κ3) is 7.53. The number of nitriles is 1. The Labute approximate surface area is 250 Å². The quantitative estimate of drug-likeness (QED) is 0.199. The molecule has 0 bridgehead atoms. The molecule has 0 unspecified atom stereocenters. The molecule has 1 atom stereocenters. The SMILES string of the molecule is N#Cc1ccc(-c2c[nH]c([C@H](Cc3ccccc3NC(=O)Cc3ccccc3)NC(=O)[C@H]3CC[C@H](CN)CC3)n2)cc1F. The fourth-order valence-electron chi connectivity index (χ4n) is 5.61. The second-order valence-corrected chi connectivity index (χ2v) is 11.1. The van der Waals surface area contributed by atoms with Crippen LogP contribution < -0.4 is 16.4 Å². The van der Waals surface area contributed by atoms with Crippen molar-refractivity contribution in [3.05, 3.63) is 107 Å². The first kappa shape index (κ1) is 29.7. The Hall–Kier alpha value is -4.81. The van der Waals surface area contributed by atoms with Crippen LogP contribution in [0.25, 0.3) is 11.3 Å². The number of nitrogens with zero attached hydrogens (tertiary/aromatic N) is 2. The zero-order valence-electron chi connectivity index (χ0n) is 23.9. The highest BCUT2D eigenvalue weighted by Gasteiger charge is 2.29. The van der Waals surface area contributed by atoms with Crippen LogP contribution in [0.15, 0.2) is 79.0 Å². The number of para-hydroxylation sites is 1. The highest BCUT2D eigenvalue weighted by molar-refractivity contribution is 5.93. The number of aromatic amines is 1. The molecule has 1 aliphatic rings. The Bertz CT molecular complexity index is 1600. The minimum Gasteiger partial charge on any atom is -0.346 e. The van der Waals surface area contributed by atoms with E-state index in [2.05, 4.69) is 15.6 Å². The average Bonchev–Trinajstić information content (AvgIpc) is 3.52. The highest BCUT2D eigenvalue weighted by atomic mass is 19.1. The molecule has 0 saturated heterocycles. The summed E-state index contributed by atoms with van der Waals surface area (Å²) in [6.07, 6.45) is 5.66. The van der Waals surface area contributed by atoms with Crippen molar-refractivity contribution in [2.75, 3.05) is 11.9 Å². The number of rotatable bonds is 10. The number of nitrogens with two attached hydrogens (primary N) is 1. The van der Waals surface area contributed by atoms with E-state index in [0.717, 1.165) is 36.8 Å². The van der Waals surface area contributed by atoms with Crippen LogP contribution in [0.1, 0.15) is 54.2 Å². The van der Waals surface area contributed by atoms with Crippen LogP contribution in [-0.2, 0) is 22.4 Å². The van der Waals surface area contributed by atoms with Crippen LogP contribution in [0.5, 0.6) is 0 Å². The van der Waals surface area contributed by atoms with E-state index in [4.69, 9.17) is 16.0 Å². The van der Waals surface area contributed by atoms with Crippen molar-refractivity contribution in [3.8, 4) is 17.3 Å². The molecular formula is C34H35FN6O2. The number of hydrogen-bond acceptors (Lipinski definition) is 5. The normalized spacial score (nSPS) is 17.0. The molecule has 8 nitrogen and oxygen atoms in total. The van der Waals surface area contributed by atoms with Crippen molar-refractivity contribution < 1.29 is 14.0 Å². The van der Waals surface area contributed by atoms with E-state index >= 15 is 0 Å². The number of nitrogens with one attached hydrogen (secondary N) is 3. The predicted octanol–water partition coefficient (Wildman–Crippen LogP) is 5.43. The maximum atomic E-state index is 14.3. The lowest BCUT2D eigenvalue weighted by atomic mass is 9.81. The smallest absolute Gasteiger partial charge is 0.228 e. The molecule has 4 aromatic rings. The summed E-state index contributed by atoms with van der Waals surface area (Å²) in [7, 11) is 0. The molecule has 0 radical (unpaired) electrons. The van der Waals surface area contributed by atoms with Crippen LogP contribution in [0.3, 0.4) is 0 Å². The van der Waals surface area contributed by atoms with Crippen LogP contribution in [0.2, 0.25) is 0 Å². The summed E-state index contributed by atoms with van der Waals surface area (Å²) in [4.78, 5) is 34.3. The molecule has 1 saturated carbocycles. The van der Waals surface area contributed by atoms with Gasteiger partial charge in [-0.3, -0.25) is 9.59 Å². The summed E-state index contributed by atoms with van der Waals surface area (Å²) in [6.45, 7) is 0.634. The number of H-pyrrole nitrogens is 1. The Morgan fingerprint density at radius 3 is 2.51 bits per heavy atom. The molecule has 1 aromatic heterocycles. The van der Waals surface area contributed by atoms with Gasteiger partial charge in [0.15, 0.2) is 0 Å². The first-order valence-corrected chi connectivity index (χ1v) is 14.6. The second-order valence-electron chi connectivity index (χ2n) is 11.1. The molecule has 5 rings (SSSR count). The highest BCUT2D eigenvalue weighted by Crippen LogP contribution is 2.30. The minimum absolute atomic E-state index is 0.0417. The second kappa shape index (κ2) is 13.9. The third-order valence-electron chi connectivity index (χ3n) is 8.10. The largest absolute Gasteiger partial charge is 0.346 e. The number of carbonyl (C=O) groups is 2. The standard InChI is InChI=1S/C34H35FN6O2/c35-28-17-26(14-15-27(28)20-37)31-21-38-33(40-31)30(41-34(43)24-12-10-23(19-36)11-13-24)18-25-8-4-5-9-29(25)39-32(42)16-22-6-2-1-3-7-22/h1-9,14-15,17,21,23-24,30H,10-13,16,18-19,36H2,(H,38,40)(H,39,42)(H,41,43)/t23-,24-,30-/m0/s1. The number of amides is 2. The molecule has 220 valence electrons. The van der Waals surface area contributed by atoms with E-state index in [1.54, 1.807) is 12.3 Å². The molecule has 5 N–H and O–H groups in total. The Morgan fingerprint density at radius 1 is 1.05 bits per heavy atom. The summed E-state index contributed by atoms with van der Waals surface area (Å²) in [5, 5.41) is 15.3. The van der Waals surface area contributed by atoms with Crippen molar-refractivity contribution in [3.63, 3.8) is 0 Å². The van der Waals surface area contributed by atoms with Gasteiger partial charge < -0.3 is 21.4 Å². The number of halogens is 1. The average molecular weight is 579 g/mol. The van der Waals surface area contributed by atoms with Crippen molar-refractivity contribution in [2.45, 2.75) is 44.6 Å². The molecular weight excluding hydrogens is 543 g/mol. The van der Waals surface area contributed by atoms with Crippen molar-refractivity contribution in [1.82, 2.24) is 15.3 Å². The van der Waals surface area contributed by atoms with Gasteiger partial charge in [-0.1, -0.05) is 54.6 Å². The number of hydrogen-bond donors (Lipinski definition) is 4. The summed E-state index contributed by atoms with van der Waals surface area (Å²) in [5.74, 6) is 0.0316. The van der Waals surface area contributed by atoms with Gasteiger partial charge in [0.1, 0.15) is 17.7 Å².